The molecule has 0 aliphatic heterocycles. The summed E-state index contributed by atoms with van der Waals surface area (Å²) in [4.78, 5) is 7.39. The van der Waals surface area contributed by atoms with Gasteiger partial charge in [0.15, 0.2) is 30.6 Å². The van der Waals surface area contributed by atoms with E-state index in [4.69, 9.17) is 4.74 Å². The Morgan fingerprint density at radius 2 is 1.67 bits per heavy atom. The number of ether oxygens (including phenoxy) is 1. The van der Waals surface area contributed by atoms with Crippen LogP contribution in [0.2, 0.25) is 0 Å². The first kappa shape index (κ1) is 28.1. The summed E-state index contributed by atoms with van der Waals surface area (Å²) in [6.07, 6.45) is 3.54. The Balaban J connectivity index is 1.17. The number of aryl methyl sites for hydroxylation is 1. The van der Waals surface area contributed by atoms with Gasteiger partial charge in [-0.1, -0.05) is 36.4 Å². The van der Waals surface area contributed by atoms with E-state index >= 15 is 0 Å². The first-order chi connectivity index (χ1) is 20.7. The van der Waals surface area contributed by atoms with Crippen LogP contribution >= 0.6 is 0 Å². The van der Waals surface area contributed by atoms with E-state index in [-0.39, 0.29) is 22.7 Å². The number of benzene rings is 3. The van der Waals surface area contributed by atoms with Crippen LogP contribution in [0.5, 0.6) is 5.75 Å². The van der Waals surface area contributed by atoms with Gasteiger partial charge in [-0.05, 0) is 53.9 Å². The van der Waals surface area contributed by atoms with Gasteiger partial charge in [-0.15, -0.1) is 0 Å². The molecule has 3 aromatic carbocycles. The molecule has 10 heteroatoms. The second-order valence-corrected chi connectivity index (χ2v) is 10.1. The van der Waals surface area contributed by atoms with Gasteiger partial charge in [0.25, 0.3) is 0 Å². The van der Waals surface area contributed by atoms with Gasteiger partial charge in [-0.25, -0.2) is 13.8 Å². The third-order valence-corrected chi connectivity index (χ3v) is 7.11. The lowest BCUT2D eigenvalue weighted by molar-refractivity contribution is -0.687. The lowest BCUT2D eigenvalue weighted by atomic mass is 9.98. The molecule has 0 radical (unpaired) electrons. The minimum absolute atomic E-state index is 0.0315. The molecule has 0 aliphatic rings. The molecule has 1 N–H and O–H groups in total. The van der Waals surface area contributed by atoms with Crippen molar-refractivity contribution in [2.45, 2.75) is 25.7 Å². The molecule has 6 rings (SSSR count). The standard InChI is InChI=1S/C33H25F5N4O/c34-28-6-3-5-26(31(28)35)32-39-29-13-17-42(21-30(29)40-32)20-22-7-9-23(10-8-22)25-12-11-24(19-27(25)33(36,37)38)43-18-4-16-41-14-1-2-15-41/h1-3,5-15,17,19,21H,4,16,18,20H2/p+1. The number of rotatable bonds is 9. The van der Waals surface area contributed by atoms with Crippen molar-refractivity contribution >= 4 is 11.0 Å². The Kier molecular flexibility index (Phi) is 7.67. The lowest BCUT2D eigenvalue weighted by Gasteiger charge is -2.16. The van der Waals surface area contributed by atoms with Crippen LogP contribution in [0, 0.1) is 11.6 Å². The van der Waals surface area contributed by atoms with Crippen LogP contribution in [0.25, 0.3) is 33.5 Å². The fourth-order valence-corrected chi connectivity index (χ4v) is 4.97. The molecule has 0 atom stereocenters. The Labute approximate surface area is 243 Å². The second kappa shape index (κ2) is 11.7. The van der Waals surface area contributed by atoms with Crippen molar-refractivity contribution in [3.8, 4) is 28.3 Å². The smallest absolute Gasteiger partial charge is 0.417 e. The summed E-state index contributed by atoms with van der Waals surface area (Å²) in [6, 6.07) is 20.4. The van der Waals surface area contributed by atoms with Crippen molar-refractivity contribution in [1.29, 1.82) is 0 Å². The first-order valence-electron chi connectivity index (χ1n) is 13.6. The van der Waals surface area contributed by atoms with E-state index in [1.54, 1.807) is 48.8 Å². The largest absolute Gasteiger partial charge is 0.494 e. The topological polar surface area (TPSA) is 46.7 Å². The quantitative estimate of drug-likeness (QED) is 0.106. The molecule has 0 amide bonds. The number of nitrogens with one attached hydrogen (secondary N) is 1. The Morgan fingerprint density at radius 1 is 0.884 bits per heavy atom. The molecule has 43 heavy (non-hydrogen) atoms. The normalized spacial score (nSPS) is 11.7. The fourth-order valence-electron chi connectivity index (χ4n) is 4.97. The summed E-state index contributed by atoms with van der Waals surface area (Å²) < 4.78 is 79.5. The van der Waals surface area contributed by atoms with Crippen LogP contribution in [0.4, 0.5) is 22.0 Å². The summed E-state index contributed by atoms with van der Waals surface area (Å²) in [5.41, 5.74) is 1.85. The Bertz CT molecular complexity index is 1860. The predicted octanol–water partition coefficient (Wildman–Crippen LogP) is 7.80. The van der Waals surface area contributed by atoms with E-state index < -0.39 is 23.4 Å². The highest BCUT2D eigenvalue weighted by Crippen LogP contribution is 2.39. The van der Waals surface area contributed by atoms with E-state index in [1.165, 1.54) is 18.2 Å². The molecule has 0 aliphatic carbocycles. The fraction of sp³-hybridized carbons (Fsp3) is 0.152. The van der Waals surface area contributed by atoms with Crippen molar-refractivity contribution in [1.82, 2.24) is 14.5 Å². The summed E-state index contributed by atoms with van der Waals surface area (Å²) >= 11 is 0. The number of hydrogen-bond donors (Lipinski definition) is 1. The highest BCUT2D eigenvalue weighted by Gasteiger charge is 2.34. The highest BCUT2D eigenvalue weighted by molar-refractivity contribution is 5.77. The molecule has 0 saturated heterocycles. The number of aromatic amines is 1. The predicted molar refractivity (Wildman–Crippen MR) is 152 cm³/mol. The number of H-pyrrole nitrogens is 1. The van der Waals surface area contributed by atoms with E-state index in [0.29, 0.717) is 42.7 Å². The zero-order chi connectivity index (χ0) is 30.0. The van der Waals surface area contributed by atoms with Crippen molar-refractivity contribution in [2.24, 2.45) is 0 Å². The number of aromatic nitrogens is 4. The molecule has 3 aromatic heterocycles. The monoisotopic (exact) mass is 589 g/mol. The number of imidazole rings is 1. The van der Waals surface area contributed by atoms with Crippen LogP contribution in [0.3, 0.4) is 0 Å². The minimum atomic E-state index is -4.55. The lowest BCUT2D eigenvalue weighted by Crippen LogP contribution is -2.33. The Hall–Kier alpha value is -4.99. The van der Waals surface area contributed by atoms with Gasteiger partial charge in [0.05, 0.1) is 17.7 Å². The molecule has 6 aromatic rings. The van der Waals surface area contributed by atoms with Gasteiger partial charge in [0, 0.05) is 30.6 Å². The second-order valence-electron chi connectivity index (χ2n) is 10.1. The first-order valence-corrected chi connectivity index (χ1v) is 13.6. The van der Waals surface area contributed by atoms with E-state index in [0.717, 1.165) is 17.7 Å². The molecular weight excluding hydrogens is 563 g/mol. The van der Waals surface area contributed by atoms with Crippen LogP contribution in [0.1, 0.15) is 17.5 Å². The highest BCUT2D eigenvalue weighted by atomic mass is 19.4. The van der Waals surface area contributed by atoms with Gasteiger partial charge >= 0.3 is 6.18 Å². The van der Waals surface area contributed by atoms with Crippen LogP contribution in [-0.4, -0.2) is 21.1 Å². The maximum atomic E-state index is 14.2. The maximum Gasteiger partial charge on any atom is 0.417 e. The average Bonchev–Trinajstić information content (AvgIpc) is 3.67. The van der Waals surface area contributed by atoms with Crippen LogP contribution in [0.15, 0.2) is 104 Å². The van der Waals surface area contributed by atoms with E-state index in [1.807, 2.05) is 33.7 Å². The number of hydrogen-bond acceptors (Lipinski definition) is 2. The van der Waals surface area contributed by atoms with Crippen molar-refractivity contribution < 1.29 is 31.3 Å². The Morgan fingerprint density at radius 3 is 2.44 bits per heavy atom. The summed E-state index contributed by atoms with van der Waals surface area (Å²) in [5, 5.41) is 0. The number of pyridine rings is 1. The minimum Gasteiger partial charge on any atom is -0.494 e. The molecular formula is C33H26F5N4O+. The van der Waals surface area contributed by atoms with Gasteiger partial charge < -0.3 is 14.3 Å². The van der Waals surface area contributed by atoms with E-state index in [2.05, 4.69) is 9.97 Å². The SMILES string of the molecule is Fc1cccc(-c2nc3cc[n+](Cc4ccc(-c5ccc(OCCCn6cccc6)cc5C(F)(F)F)cc4)cc3[nH]2)c1F. The van der Waals surface area contributed by atoms with Crippen molar-refractivity contribution in [2.75, 3.05) is 6.61 Å². The molecule has 5 nitrogen and oxygen atoms in total. The third kappa shape index (κ3) is 6.28. The van der Waals surface area contributed by atoms with Crippen molar-refractivity contribution in [3.05, 3.63) is 126 Å². The summed E-state index contributed by atoms with van der Waals surface area (Å²) in [6.45, 7) is 1.45. The molecule has 0 fully saturated rings. The molecule has 218 valence electrons. The number of halogens is 5. The maximum absolute atomic E-state index is 14.2. The van der Waals surface area contributed by atoms with Crippen molar-refractivity contribution in [3.63, 3.8) is 0 Å². The van der Waals surface area contributed by atoms with Gasteiger partial charge in [0.1, 0.15) is 22.6 Å². The van der Waals surface area contributed by atoms with Crippen LogP contribution in [-0.2, 0) is 19.3 Å². The zero-order valence-corrected chi connectivity index (χ0v) is 22.8. The summed E-state index contributed by atoms with van der Waals surface area (Å²) in [5.74, 6) is -1.55. The van der Waals surface area contributed by atoms with Gasteiger partial charge in [0.2, 0.25) is 0 Å². The molecule has 3 heterocycles. The average molecular weight is 590 g/mol. The van der Waals surface area contributed by atoms with E-state index in [9.17, 15) is 22.0 Å². The molecule has 0 saturated carbocycles. The van der Waals surface area contributed by atoms with Crippen LogP contribution < -0.4 is 9.30 Å². The number of alkyl halides is 3. The summed E-state index contributed by atoms with van der Waals surface area (Å²) in [7, 11) is 0. The third-order valence-electron chi connectivity index (χ3n) is 7.11. The number of nitrogens with zero attached hydrogens (tertiary/aromatic N) is 3. The van der Waals surface area contributed by atoms with Gasteiger partial charge in [-0.3, -0.25) is 0 Å². The zero-order valence-electron chi connectivity index (χ0n) is 22.8. The molecule has 0 unspecified atom stereocenters. The van der Waals surface area contributed by atoms with Gasteiger partial charge in [-0.2, -0.15) is 17.7 Å². The number of fused-ring (bicyclic) bond motifs is 1. The molecule has 0 spiro atoms. The molecule has 0 bridgehead atoms.